The first-order valence-corrected chi connectivity index (χ1v) is 8.57. The Morgan fingerprint density at radius 3 is 2.65 bits per heavy atom. The van der Waals surface area contributed by atoms with Crippen LogP contribution in [-0.4, -0.2) is 20.3 Å². The quantitative estimate of drug-likeness (QED) is 0.523. The zero-order valence-electron chi connectivity index (χ0n) is 11.4. The van der Waals surface area contributed by atoms with Gasteiger partial charge in [0, 0.05) is 21.7 Å². The van der Waals surface area contributed by atoms with Gasteiger partial charge < -0.3 is 10.1 Å². The van der Waals surface area contributed by atoms with E-state index in [0.29, 0.717) is 30.7 Å². The number of aromatic amines is 1. The van der Waals surface area contributed by atoms with Crippen molar-refractivity contribution < 1.29 is 14.1 Å². The summed E-state index contributed by atoms with van der Waals surface area (Å²) in [6.07, 6.45) is 0. The fraction of sp³-hybridized carbons (Fsp3) is 0. The average Bonchev–Trinajstić information content (AvgIpc) is 2.80. The van der Waals surface area contributed by atoms with E-state index in [9.17, 15) is 13.8 Å². The lowest BCUT2D eigenvalue weighted by Gasteiger charge is -2.08. The van der Waals surface area contributed by atoms with Crippen LogP contribution in [0.15, 0.2) is 55.5 Å². The van der Waals surface area contributed by atoms with Crippen LogP contribution >= 0.6 is 15.9 Å². The summed E-state index contributed by atoms with van der Waals surface area (Å²) < 4.78 is 13.2. The van der Waals surface area contributed by atoms with Crippen molar-refractivity contribution in [2.45, 2.75) is 9.79 Å². The summed E-state index contributed by atoms with van der Waals surface area (Å²) >= 11 is 3.34. The molecular formula is C16H8BrNO4S. The number of carbonyl (C=O) groups is 1. The van der Waals surface area contributed by atoms with Crippen molar-refractivity contribution in [1.29, 1.82) is 0 Å². The largest absolute Gasteiger partial charge is 0.477 e. The smallest absolute Gasteiger partial charge is 0.352 e. The highest BCUT2D eigenvalue weighted by molar-refractivity contribution is 9.10. The standard InChI is InChI=1S/C16H8BrNO4S/c17-8-5-12-13(7-3-1-2-4-11(7)23(12)22)14-10(19)6-9(16(20)21)18-15(8)14/h1-6H,(H,18,19)(H,20,21). The van der Waals surface area contributed by atoms with Gasteiger partial charge in [0.2, 0.25) is 0 Å². The first-order chi connectivity index (χ1) is 11.0. The zero-order valence-corrected chi connectivity index (χ0v) is 13.8. The second-order valence-electron chi connectivity index (χ2n) is 5.10. The van der Waals surface area contributed by atoms with Gasteiger partial charge in [0.1, 0.15) is 5.69 Å². The number of rotatable bonds is 1. The van der Waals surface area contributed by atoms with Gasteiger partial charge in [-0.05, 0) is 28.1 Å². The number of carboxylic acids is 1. The number of carboxylic acid groups (broad SMARTS) is 1. The molecule has 5 nitrogen and oxygen atoms in total. The van der Waals surface area contributed by atoms with Crippen LogP contribution in [0.25, 0.3) is 22.0 Å². The third-order valence-corrected chi connectivity index (χ3v) is 5.91. The fourth-order valence-corrected chi connectivity index (χ4v) is 4.96. The summed E-state index contributed by atoms with van der Waals surface area (Å²) in [5, 5.41) is 9.46. The summed E-state index contributed by atoms with van der Waals surface area (Å²) in [5.74, 6) is -1.21. The molecule has 0 saturated carbocycles. The lowest BCUT2D eigenvalue weighted by Crippen LogP contribution is -2.11. The van der Waals surface area contributed by atoms with Crippen molar-refractivity contribution in [2.75, 3.05) is 0 Å². The van der Waals surface area contributed by atoms with Crippen LogP contribution in [0.4, 0.5) is 0 Å². The zero-order chi connectivity index (χ0) is 16.3. The molecule has 0 saturated heterocycles. The number of pyridine rings is 1. The number of hydrogen-bond acceptors (Lipinski definition) is 3. The van der Waals surface area contributed by atoms with Crippen LogP contribution in [-0.2, 0) is 10.8 Å². The van der Waals surface area contributed by atoms with Crippen molar-refractivity contribution in [2.24, 2.45) is 0 Å². The van der Waals surface area contributed by atoms with Gasteiger partial charge in [0.15, 0.2) is 5.43 Å². The molecule has 4 rings (SSSR count). The summed E-state index contributed by atoms with van der Waals surface area (Å²) in [7, 11) is -1.36. The van der Waals surface area contributed by atoms with E-state index >= 15 is 0 Å². The molecule has 3 aromatic rings. The van der Waals surface area contributed by atoms with Crippen molar-refractivity contribution >= 4 is 43.6 Å². The molecule has 0 bridgehead atoms. The van der Waals surface area contributed by atoms with Crippen LogP contribution < -0.4 is 5.43 Å². The van der Waals surface area contributed by atoms with Gasteiger partial charge in [-0.1, -0.05) is 18.2 Å². The molecule has 7 heteroatoms. The summed E-state index contributed by atoms with van der Waals surface area (Å²) in [5.41, 5.74) is 1.14. The number of H-pyrrole nitrogens is 1. The van der Waals surface area contributed by atoms with Crippen LogP contribution in [0.1, 0.15) is 10.5 Å². The SMILES string of the molecule is O=C(O)c1cc(=O)c2c3c(cc(Br)c2[nH]1)S(=O)c1ccccc1-3. The highest BCUT2D eigenvalue weighted by Gasteiger charge is 2.29. The van der Waals surface area contributed by atoms with Gasteiger partial charge >= 0.3 is 5.97 Å². The minimum absolute atomic E-state index is 0.185. The predicted octanol–water partition coefficient (Wildman–Crippen LogP) is 3.14. The Morgan fingerprint density at radius 1 is 1.17 bits per heavy atom. The monoisotopic (exact) mass is 389 g/mol. The Kier molecular flexibility index (Phi) is 3.04. The van der Waals surface area contributed by atoms with E-state index in [4.69, 9.17) is 5.11 Å². The Labute approximate surface area is 140 Å². The van der Waals surface area contributed by atoms with E-state index in [0.717, 1.165) is 11.6 Å². The molecule has 0 radical (unpaired) electrons. The second kappa shape index (κ2) is 4.87. The van der Waals surface area contributed by atoms with Crippen molar-refractivity contribution in [3.63, 3.8) is 0 Å². The maximum absolute atomic E-state index is 12.7. The molecule has 1 aliphatic heterocycles. The van der Waals surface area contributed by atoms with Gasteiger partial charge in [0.25, 0.3) is 0 Å². The lowest BCUT2D eigenvalue weighted by atomic mass is 10.00. The van der Waals surface area contributed by atoms with Crippen molar-refractivity contribution in [1.82, 2.24) is 4.98 Å². The molecule has 0 aliphatic carbocycles. The predicted molar refractivity (Wildman–Crippen MR) is 89.3 cm³/mol. The number of halogens is 1. The van der Waals surface area contributed by atoms with E-state index in [-0.39, 0.29) is 5.69 Å². The molecule has 0 spiro atoms. The number of hydrogen-bond donors (Lipinski definition) is 2. The van der Waals surface area contributed by atoms with Gasteiger partial charge in [-0.3, -0.25) is 4.79 Å². The minimum atomic E-state index is -1.36. The molecular weight excluding hydrogens is 382 g/mol. The molecule has 0 fully saturated rings. The van der Waals surface area contributed by atoms with Crippen molar-refractivity contribution in [3.05, 3.63) is 56.8 Å². The van der Waals surface area contributed by atoms with Crippen LogP contribution in [0.3, 0.4) is 0 Å². The number of nitrogens with one attached hydrogen (secondary N) is 1. The molecule has 1 unspecified atom stereocenters. The topological polar surface area (TPSA) is 87.2 Å². The van der Waals surface area contributed by atoms with E-state index in [1.165, 1.54) is 0 Å². The normalized spacial score (nSPS) is 15.4. The first kappa shape index (κ1) is 14.3. The third-order valence-electron chi connectivity index (χ3n) is 3.81. The number of aromatic nitrogens is 1. The summed E-state index contributed by atoms with van der Waals surface area (Å²) in [6, 6.07) is 9.93. The Hall–Kier alpha value is -2.25. The highest BCUT2D eigenvalue weighted by Crippen LogP contribution is 2.45. The highest BCUT2D eigenvalue weighted by atomic mass is 79.9. The van der Waals surface area contributed by atoms with Crippen molar-refractivity contribution in [3.8, 4) is 11.1 Å². The molecule has 2 aromatic carbocycles. The average molecular weight is 390 g/mol. The van der Waals surface area contributed by atoms with E-state index in [2.05, 4.69) is 20.9 Å². The van der Waals surface area contributed by atoms with Crippen LogP contribution in [0.2, 0.25) is 0 Å². The summed E-state index contributed by atoms with van der Waals surface area (Å²) in [4.78, 5) is 27.7. The molecule has 0 amide bonds. The Bertz CT molecular complexity index is 1100. The molecule has 2 heterocycles. The lowest BCUT2D eigenvalue weighted by molar-refractivity contribution is 0.0691. The summed E-state index contributed by atoms with van der Waals surface area (Å²) in [6.45, 7) is 0. The van der Waals surface area contributed by atoms with Gasteiger partial charge in [-0.15, -0.1) is 0 Å². The maximum atomic E-state index is 12.7. The number of aromatic carboxylic acids is 1. The number of fused-ring (bicyclic) bond motifs is 5. The molecule has 1 aromatic heterocycles. The van der Waals surface area contributed by atoms with Crippen LogP contribution in [0.5, 0.6) is 0 Å². The van der Waals surface area contributed by atoms with E-state index in [1.54, 1.807) is 18.2 Å². The molecule has 23 heavy (non-hydrogen) atoms. The van der Waals surface area contributed by atoms with Crippen LogP contribution in [0, 0.1) is 0 Å². The molecule has 114 valence electrons. The fourth-order valence-electron chi connectivity index (χ4n) is 2.85. The van der Waals surface area contributed by atoms with Gasteiger partial charge in [-0.25, -0.2) is 9.00 Å². The Balaban J connectivity index is 2.23. The minimum Gasteiger partial charge on any atom is -0.477 e. The van der Waals surface area contributed by atoms with Gasteiger partial charge in [-0.2, -0.15) is 0 Å². The van der Waals surface area contributed by atoms with E-state index in [1.807, 2.05) is 12.1 Å². The molecule has 1 aliphatic rings. The Morgan fingerprint density at radius 2 is 1.91 bits per heavy atom. The third kappa shape index (κ3) is 1.93. The second-order valence-corrected chi connectivity index (χ2v) is 7.37. The molecule has 2 N–H and O–H groups in total. The van der Waals surface area contributed by atoms with E-state index < -0.39 is 22.2 Å². The number of benzene rings is 2. The van der Waals surface area contributed by atoms with Gasteiger partial charge in [0.05, 0.1) is 31.5 Å². The first-order valence-electron chi connectivity index (χ1n) is 6.63. The maximum Gasteiger partial charge on any atom is 0.352 e. The molecule has 1 atom stereocenters.